The summed E-state index contributed by atoms with van der Waals surface area (Å²) < 4.78 is 0. The molecule has 126 valence electrons. The van der Waals surface area contributed by atoms with E-state index in [9.17, 15) is 15.0 Å². The van der Waals surface area contributed by atoms with Gasteiger partial charge in [-0.3, -0.25) is 4.79 Å². The van der Waals surface area contributed by atoms with Gasteiger partial charge >= 0.3 is 5.97 Å². The monoisotopic (exact) mass is 324 g/mol. The normalized spacial score (nSPS) is 18.0. The maximum Gasteiger partial charge on any atom is 0.306 e. The molecule has 1 unspecified atom stereocenters. The van der Waals surface area contributed by atoms with Crippen LogP contribution in [0.2, 0.25) is 0 Å². The minimum absolute atomic E-state index is 0.0184. The zero-order valence-electron chi connectivity index (χ0n) is 13.8. The molecule has 0 aromatic heterocycles. The first-order valence-electron chi connectivity index (χ1n) is 8.70. The largest absolute Gasteiger partial charge is 0.481 e. The molecule has 1 atom stereocenters. The Morgan fingerprint density at radius 2 is 1.50 bits per heavy atom. The lowest BCUT2D eigenvalue weighted by atomic mass is 9.71. The van der Waals surface area contributed by atoms with Crippen LogP contribution < -0.4 is 0 Å². The fourth-order valence-corrected chi connectivity index (χ4v) is 3.87. The molecule has 1 aliphatic carbocycles. The summed E-state index contributed by atoms with van der Waals surface area (Å²) in [5, 5.41) is 20.6. The van der Waals surface area contributed by atoms with Gasteiger partial charge in [0.05, 0.1) is 6.42 Å². The molecule has 3 rings (SSSR count). The van der Waals surface area contributed by atoms with Gasteiger partial charge in [0.1, 0.15) is 5.60 Å². The third-order valence-electron chi connectivity index (χ3n) is 5.19. The van der Waals surface area contributed by atoms with Crippen molar-refractivity contribution >= 4 is 5.97 Å². The average molecular weight is 324 g/mol. The maximum atomic E-state index is 11.4. The molecule has 0 bridgehead atoms. The third-order valence-corrected chi connectivity index (χ3v) is 5.19. The van der Waals surface area contributed by atoms with Crippen molar-refractivity contribution < 1.29 is 15.0 Å². The van der Waals surface area contributed by atoms with Crippen LogP contribution in [0.4, 0.5) is 0 Å². The van der Waals surface area contributed by atoms with E-state index in [1.807, 2.05) is 54.6 Å². The highest BCUT2D eigenvalue weighted by molar-refractivity contribution is 5.69. The third kappa shape index (κ3) is 3.51. The fraction of sp³-hybridized carbons (Fsp3) is 0.381. The number of carbonyl (C=O) groups is 1. The highest BCUT2D eigenvalue weighted by atomic mass is 16.4. The summed E-state index contributed by atoms with van der Waals surface area (Å²) in [6.45, 7) is 0. The Bertz CT molecular complexity index is 672. The second kappa shape index (κ2) is 7.18. The lowest BCUT2D eigenvalue weighted by Crippen LogP contribution is -2.38. The van der Waals surface area contributed by atoms with Gasteiger partial charge in [-0.1, -0.05) is 73.9 Å². The van der Waals surface area contributed by atoms with Crippen molar-refractivity contribution in [3.8, 4) is 11.1 Å². The minimum Gasteiger partial charge on any atom is -0.481 e. The molecule has 2 N–H and O–H groups in total. The van der Waals surface area contributed by atoms with E-state index in [1.165, 1.54) is 6.42 Å². The first kappa shape index (κ1) is 16.7. The van der Waals surface area contributed by atoms with E-state index in [0.717, 1.165) is 42.4 Å². The van der Waals surface area contributed by atoms with Gasteiger partial charge < -0.3 is 10.2 Å². The molecule has 0 amide bonds. The smallest absolute Gasteiger partial charge is 0.306 e. The number of rotatable bonds is 5. The van der Waals surface area contributed by atoms with Crippen LogP contribution in [0.3, 0.4) is 0 Å². The molecule has 3 nitrogen and oxygen atoms in total. The summed E-state index contributed by atoms with van der Waals surface area (Å²) in [5.74, 6) is -0.930. The lowest BCUT2D eigenvalue weighted by molar-refractivity contribution is -0.147. The Kier molecular flexibility index (Phi) is 5.00. The van der Waals surface area contributed by atoms with Crippen LogP contribution in [0, 0.1) is 5.92 Å². The van der Waals surface area contributed by atoms with Gasteiger partial charge in [-0.15, -0.1) is 0 Å². The molecule has 0 aliphatic heterocycles. The Labute approximate surface area is 143 Å². The van der Waals surface area contributed by atoms with Crippen LogP contribution in [0.1, 0.15) is 44.1 Å². The number of benzene rings is 2. The van der Waals surface area contributed by atoms with Crippen LogP contribution in [-0.4, -0.2) is 16.2 Å². The molecule has 3 heteroatoms. The molecule has 0 spiro atoms. The highest BCUT2D eigenvalue weighted by Crippen LogP contribution is 2.42. The lowest BCUT2D eigenvalue weighted by Gasteiger charge is -2.38. The summed E-state index contributed by atoms with van der Waals surface area (Å²) in [4.78, 5) is 11.4. The van der Waals surface area contributed by atoms with E-state index < -0.39 is 11.6 Å². The number of carboxylic acids is 1. The van der Waals surface area contributed by atoms with Crippen molar-refractivity contribution in [2.75, 3.05) is 0 Å². The number of hydrogen-bond acceptors (Lipinski definition) is 2. The van der Waals surface area contributed by atoms with E-state index in [4.69, 9.17) is 0 Å². The molecule has 1 saturated carbocycles. The van der Waals surface area contributed by atoms with E-state index in [0.29, 0.717) is 0 Å². The van der Waals surface area contributed by atoms with Gasteiger partial charge in [0.2, 0.25) is 0 Å². The van der Waals surface area contributed by atoms with Crippen molar-refractivity contribution in [2.24, 2.45) is 5.92 Å². The summed E-state index contributed by atoms with van der Waals surface area (Å²) in [6.07, 6.45) is 4.85. The molecular formula is C21H24O3. The molecule has 24 heavy (non-hydrogen) atoms. The first-order valence-corrected chi connectivity index (χ1v) is 8.70. The van der Waals surface area contributed by atoms with Gasteiger partial charge in [0, 0.05) is 0 Å². The van der Waals surface area contributed by atoms with Crippen LogP contribution in [-0.2, 0) is 10.4 Å². The number of aliphatic hydroxyl groups is 1. The van der Waals surface area contributed by atoms with Gasteiger partial charge in [0.25, 0.3) is 0 Å². The molecular weight excluding hydrogens is 300 g/mol. The summed E-state index contributed by atoms with van der Waals surface area (Å²) >= 11 is 0. The van der Waals surface area contributed by atoms with Crippen molar-refractivity contribution in [3.63, 3.8) is 0 Å². The van der Waals surface area contributed by atoms with Crippen LogP contribution in [0.5, 0.6) is 0 Å². The second-order valence-electron chi connectivity index (χ2n) is 6.77. The first-order chi connectivity index (χ1) is 11.6. The topological polar surface area (TPSA) is 57.5 Å². The summed E-state index contributed by atoms with van der Waals surface area (Å²) in [5.41, 5.74) is 1.63. The SMILES string of the molecule is O=C(O)CC(O)(c1ccc(-c2ccccc2)cc1)C1CCCCC1. The van der Waals surface area contributed by atoms with E-state index in [2.05, 4.69) is 0 Å². The van der Waals surface area contributed by atoms with Gasteiger partial charge in [-0.2, -0.15) is 0 Å². The standard InChI is InChI=1S/C21H24O3/c22-20(23)15-21(24,18-9-5-2-6-10-18)19-13-11-17(12-14-19)16-7-3-1-4-8-16/h1,3-4,7-8,11-14,18,24H,2,5-6,9-10,15H2,(H,22,23). The van der Waals surface area contributed by atoms with Crippen molar-refractivity contribution in [1.82, 2.24) is 0 Å². The van der Waals surface area contributed by atoms with E-state index in [-0.39, 0.29) is 12.3 Å². The predicted molar refractivity (Wildman–Crippen MR) is 94.6 cm³/mol. The van der Waals surface area contributed by atoms with Gasteiger partial charge in [0.15, 0.2) is 0 Å². The maximum absolute atomic E-state index is 11.4. The fourth-order valence-electron chi connectivity index (χ4n) is 3.87. The van der Waals surface area contributed by atoms with Crippen molar-refractivity contribution in [1.29, 1.82) is 0 Å². The Balaban J connectivity index is 1.91. The molecule has 0 saturated heterocycles. The Morgan fingerprint density at radius 1 is 0.917 bits per heavy atom. The van der Waals surface area contributed by atoms with Crippen LogP contribution in [0.15, 0.2) is 54.6 Å². The van der Waals surface area contributed by atoms with Gasteiger partial charge in [-0.25, -0.2) is 0 Å². The second-order valence-corrected chi connectivity index (χ2v) is 6.77. The summed E-state index contributed by atoms with van der Waals surface area (Å²) in [7, 11) is 0. The zero-order chi connectivity index (χ0) is 17.0. The zero-order valence-corrected chi connectivity index (χ0v) is 13.8. The molecule has 1 aliphatic rings. The summed E-state index contributed by atoms with van der Waals surface area (Å²) in [6, 6.07) is 17.8. The van der Waals surface area contributed by atoms with Crippen molar-refractivity contribution in [2.45, 2.75) is 44.1 Å². The molecule has 0 radical (unpaired) electrons. The number of aliphatic carboxylic acids is 1. The van der Waals surface area contributed by atoms with Crippen LogP contribution in [0.25, 0.3) is 11.1 Å². The van der Waals surface area contributed by atoms with E-state index >= 15 is 0 Å². The highest BCUT2D eigenvalue weighted by Gasteiger charge is 2.40. The predicted octanol–water partition coefficient (Wildman–Crippen LogP) is 4.60. The van der Waals surface area contributed by atoms with Crippen molar-refractivity contribution in [3.05, 3.63) is 60.2 Å². The average Bonchev–Trinajstić information content (AvgIpc) is 2.63. The number of carboxylic acid groups (broad SMARTS) is 1. The number of hydrogen-bond donors (Lipinski definition) is 2. The van der Waals surface area contributed by atoms with Crippen LogP contribution >= 0.6 is 0 Å². The molecule has 1 fully saturated rings. The Morgan fingerprint density at radius 3 is 2.08 bits per heavy atom. The molecule has 2 aromatic rings. The quantitative estimate of drug-likeness (QED) is 0.845. The minimum atomic E-state index is -1.28. The Hall–Kier alpha value is -2.13. The molecule has 0 heterocycles. The van der Waals surface area contributed by atoms with Gasteiger partial charge in [-0.05, 0) is 35.4 Å². The molecule has 2 aromatic carbocycles. The van der Waals surface area contributed by atoms with E-state index in [1.54, 1.807) is 0 Å².